The van der Waals surface area contributed by atoms with Gasteiger partial charge in [-0.05, 0) is 53.9 Å². The average molecular weight is 403 g/mol. The van der Waals surface area contributed by atoms with Crippen molar-refractivity contribution in [2.75, 3.05) is 13.1 Å². The van der Waals surface area contributed by atoms with Gasteiger partial charge < -0.3 is 9.52 Å². The molecule has 1 unspecified atom stereocenters. The standard InChI is InChI=1S/C24H22FN3O2/c25-20-4-1-3-18(13-20)17-6-8-21(9-7-17)28-24(23-5-2-12-30-23)19(14-26-28)15-27-11-10-22(29)16-27/h1-9,12-14,22,29H,10-11,15-16H2. The number of hydrogen-bond donors (Lipinski definition) is 1. The third-order valence-corrected chi connectivity index (χ3v) is 5.51. The normalized spacial score (nSPS) is 16.9. The molecule has 0 saturated carbocycles. The highest BCUT2D eigenvalue weighted by Gasteiger charge is 2.24. The molecule has 1 atom stereocenters. The number of likely N-dealkylation sites (tertiary alicyclic amines) is 1. The van der Waals surface area contributed by atoms with E-state index >= 15 is 0 Å². The molecule has 1 aliphatic heterocycles. The fourth-order valence-electron chi connectivity index (χ4n) is 4.03. The van der Waals surface area contributed by atoms with E-state index < -0.39 is 0 Å². The lowest BCUT2D eigenvalue weighted by Crippen LogP contribution is -2.21. The molecule has 4 aromatic rings. The Labute approximate surface area is 174 Å². The van der Waals surface area contributed by atoms with Gasteiger partial charge in [-0.15, -0.1) is 0 Å². The topological polar surface area (TPSA) is 54.4 Å². The predicted octanol–water partition coefficient (Wildman–Crippen LogP) is 4.51. The van der Waals surface area contributed by atoms with Crippen LogP contribution in [0.2, 0.25) is 0 Å². The Kier molecular flexibility index (Phi) is 4.94. The second-order valence-corrected chi connectivity index (χ2v) is 7.64. The SMILES string of the molecule is OC1CCN(Cc2cnn(-c3ccc(-c4cccc(F)c4)cc3)c2-c2ccco2)C1. The van der Waals surface area contributed by atoms with Crippen molar-refractivity contribution in [1.29, 1.82) is 0 Å². The van der Waals surface area contributed by atoms with Crippen molar-refractivity contribution in [1.82, 2.24) is 14.7 Å². The van der Waals surface area contributed by atoms with Crippen molar-refractivity contribution in [3.8, 4) is 28.3 Å². The summed E-state index contributed by atoms with van der Waals surface area (Å²) in [7, 11) is 0. The molecule has 152 valence electrons. The molecule has 30 heavy (non-hydrogen) atoms. The molecule has 2 aromatic heterocycles. The molecular formula is C24H22FN3O2. The van der Waals surface area contributed by atoms with Crippen molar-refractivity contribution in [3.63, 3.8) is 0 Å². The molecule has 1 aliphatic rings. The Bertz CT molecular complexity index is 1140. The highest BCUT2D eigenvalue weighted by Crippen LogP contribution is 2.30. The summed E-state index contributed by atoms with van der Waals surface area (Å²) in [5, 5.41) is 14.5. The fraction of sp³-hybridized carbons (Fsp3) is 0.208. The molecule has 1 fully saturated rings. The van der Waals surface area contributed by atoms with Gasteiger partial charge in [0.25, 0.3) is 0 Å². The summed E-state index contributed by atoms with van der Waals surface area (Å²) < 4.78 is 21.1. The monoisotopic (exact) mass is 403 g/mol. The van der Waals surface area contributed by atoms with Gasteiger partial charge in [-0.25, -0.2) is 9.07 Å². The van der Waals surface area contributed by atoms with Crippen LogP contribution in [-0.2, 0) is 6.54 Å². The molecule has 0 bridgehead atoms. The highest BCUT2D eigenvalue weighted by atomic mass is 19.1. The van der Waals surface area contributed by atoms with Crippen LogP contribution in [0.5, 0.6) is 0 Å². The summed E-state index contributed by atoms with van der Waals surface area (Å²) in [5.41, 5.74) is 4.63. The third-order valence-electron chi connectivity index (χ3n) is 5.51. The average Bonchev–Trinajstić information content (AvgIpc) is 3.50. The van der Waals surface area contributed by atoms with Crippen LogP contribution in [-0.4, -0.2) is 39.0 Å². The smallest absolute Gasteiger partial charge is 0.152 e. The predicted molar refractivity (Wildman–Crippen MR) is 113 cm³/mol. The maximum Gasteiger partial charge on any atom is 0.152 e. The summed E-state index contributed by atoms with van der Waals surface area (Å²) >= 11 is 0. The lowest BCUT2D eigenvalue weighted by Gasteiger charge is -2.15. The minimum atomic E-state index is -0.262. The van der Waals surface area contributed by atoms with Crippen LogP contribution in [0.15, 0.2) is 77.5 Å². The number of furan rings is 1. The van der Waals surface area contributed by atoms with E-state index in [4.69, 9.17) is 4.42 Å². The number of nitrogens with zero attached hydrogens (tertiary/aromatic N) is 3. The van der Waals surface area contributed by atoms with Gasteiger partial charge in [0.1, 0.15) is 11.5 Å². The highest BCUT2D eigenvalue weighted by molar-refractivity contribution is 5.66. The van der Waals surface area contributed by atoms with Crippen LogP contribution in [0.1, 0.15) is 12.0 Å². The summed E-state index contributed by atoms with van der Waals surface area (Å²) in [6, 6.07) is 18.2. The van der Waals surface area contributed by atoms with Crippen molar-refractivity contribution in [3.05, 3.63) is 84.5 Å². The first-order valence-corrected chi connectivity index (χ1v) is 10.0. The van der Waals surface area contributed by atoms with Crippen molar-refractivity contribution in [2.24, 2.45) is 0 Å². The molecule has 1 N–H and O–H groups in total. The lowest BCUT2D eigenvalue weighted by atomic mass is 10.1. The maximum atomic E-state index is 13.6. The molecule has 0 aliphatic carbocycles. The fourth-order valence-corrected chi connectivity index (χ4v) is 4.03. The molecule has 5 nitrogen and oxygen atoms in total. The van der Waals surface area contributed by atoms with Crippen LogP contribution in [0.3, 0.4) is 0 Å². The first-order valence-electron chi connectivity index (χ1n) is 10.0. The number of β-amino-alcohol motifs (C(OH)–C–C–N with tert-alkyl or cyclic N) is 1. The zero-order chi connectivity index (χ0) is 20.5. The number of aromatic nitrogens is 2. The van der Waals surface area contributed by atoms with E-state index in [-0.39, 0.29) is 11.9 Å². The van der Waals surface area contributed by atoms with Gasteiger partial charge in [0.05, 0.1) is 24.3 Å². The van der Waals surface area contributed by atoms with Gasteiger partial charge in [-0.1, -0.05) is 24.3 Å². The molecule has 2 aromatic carbocycles. The van der Waals surface area contributed by atoms with Gasteiger partial charge in [0, 0.05) is 25.2 Å². The minimum Gasteiger partial charge on any atom is -0.463 e. The van der Waals surface area contributed by atoms with E-state index in [9.17, 15) is 9.50 Å². The number of aliphatic hydroxyl groups is 1. The Balaban J connectivity index is 1.49. The molecular weight excluding hydrogens is 381 g/mol. The van der Waals surface area contributed by atoms with Gasteiger partial charge in [-0.2, -0.15) is 5.10 Å². The van der Waals surface area contributed by atoms with Crippen LogP contribution in [0, 0.1) is 5.82 Å². The van der Waals surface area contributed by atoms with Gasteiger partial charge >= 0.3 is 0 Å². The van der Waals surface area contributed by atoms with E-state index in [2.05, 4.69) is 10.00 Å². The van der Waals surface area contributed by atoms with Crippen LogP contribution in [0.25, 0.3) is 28.3 Å². The number of hydrogen-bond acceptors (Lipinski definition) is 4. The van der Waals surface area contributed by atoms with E-state index in [1.807, 2.05) is 53.3 Å². The lowest BCUT2D eigenvalue weighted by molar-refractivity contribution is 0.175. The Morgan fingerprint density at radius 1 is 1.07 bits per heavy atom. The minimum absolute atomic E-state index is 0.250. The Morgan fingerprint density at radius 2 is 1.93 bits per heavy atom. The quantitative estimate of drug-likeness (QED) is 0.533. The van der Waals surface area contributed by atoms with E-state index in [1.165, 1.54) is 12.1 Å². The summed E-state index contributed by atoms with van der Waals surface area (Å²) in [5.74, 6) is 0.497. The molecule has 6 heteroatoms. The second kappa shape index (κ2) is 7.89. The summed E-state index contributed by atoms with van der Waals surface area (Å²) in [6.45, 7) is 2.24. The molecule has 1 saturated heterocycles. The van der Waals surface area contributed by atoms with Gasteiger partial charge in [-0.3, -0.25) is 4.90 Å². The zero-order valence-electron chi connectivity index (χ0n) is 16.4. The second-order valence-electron chi connectivity index (χ2n) is 7.64. The number of rotatable bonds is 5. The van der Waals surface area contributed by atoms with Crippen molar-refractivity contribution < 1.29 is 13.9 Å². The van der Waals surface area contributed by atoms with E-state index in [0.29, 0.717) is 13.1 Å². The largest absolute Gasteiger partial charge is 0.463 e. The third kappa shape index (κ3) is 3.67. The Morgan fingerprint density at radius 3 is 2.63 bits per heavy atom. The molecule has 0 amide bonds. The van der Waals surface area contributed by atoms with E-state index in [0.717, 1.165) is 46.8 Å². The Hall–Kier alpha value is -3.22. The molecule has 0 radical (unpaired) electrons. The van der Waals surface area contributed by atoms with Crippen molar-refractivity contribution in [2.45, 2.75) is 19.1 Å². The van der Waals surface area contributed by atoms with Crippen LogP contribution in [0.4, 0.5) is 4.39 Å². The molecule has 5 rings (SSSR count). The maximum absolute atomic E-state index is 13.6. The zero-order valence-corrected chi connectivity index (χ0v) is 16.4. The molecule has 3 heterocycles. The number of aliphatic hydroxyl groups excluding tert-OH is 1. The number of benzene rings is 2. The van der Waals surface area contributed by atoms with Crippen LogP contribution >= 0.6 is 0 Å². The first kappa shape index (κ1) is 18.8. The summed E-state index contributed by atoms with van der Waals surface area (Å²) in [6.07, 6.45) is 4.06. The van der Waals surface area contributed by atoms with Crippen LogP contribution < -0.4 is 0 Å². The first-order chi connectivity index (χ1) is 14.7. The van der Waals surface area contributed by atoms with E-state index in [1.54, 1.807) is 12.3 Å². The number of halogens is 1. The van der Waals surface area contributed by atoms with Gasteiger partial charge in [0.2, 0.25) is 0 Å². The summed E-state index contributed by atoms with van der Waals surface area (Å²) in [4.78, 5) is 2.23. The van der Waals surface area contributed by atoms with Gasteiger partial charge in [0.15, 0.2) is 5.76 Å². The molecule has 0 spiro atoms. The van der Waals surface area contributed by atoms with Crippen molar-refractivity contribution >= 4 is 0 Å².